The summed E-state index contributed by atoms with van der Waals surface area (Å²) < 4.78 is 6.13. The summed E-state index contributed by atoms with van der Waals surface area (Å²) in [6.07, 6.45) is 2.38. The van der Waals surface area contributed by atoms with Crippen LogP contribution in [0.3, 0.4) is 0 Å². The number of ether oxygens (including phenoxy) is 1. The first-order chi connectivity index (χ1) is 6.20. The molecule has 0 fully saturated rings. The van der Waals surface area contributed by atoms with Gasteiger partial charge in [0.2, 0.25) is 0 Å². The molecule has 1 atom stereocenters. The van der Waals surface area contributed by atoms with E-state index in [0.29, 0.717) is 12.0 Å². The van der Waals surface area contributed by atoms with Gasteiger partial charge in [-0.15, -0.1) is 0 Å². The molecular formula is C9H11NO3. The molecule has 0 aliphatic rings. The van der Waals surface area contributed by atoms with E-state index in [9.17, 15) is 9.59 Å². The van der Waals surface area contributed by atoms with Crippen LogP contribution in [-0.2, 0) is 9.53 Å². The quantitative estimate of drug-likeness (QED) is 0.517. The highest BCUT2D eigenvalue weighted by molar-refractivity contribution is 5.77. The number of esters is 1. The van der Waals surface area contributed by atoms with Crippen molar-refractivity contribution in [3.05, 3.63) is 24.0 Å². The van der Waals surface area contributed by atoms with E-state index in [2.05, 4.69) is 4.74 Å². The largest absolute Gasteiger partial charge is 0.467 e. The zero-order chi connectivity index (χ0) is 9.84. The first kappa shape index (κ1) is 9.51. The van der Waals surface area contributed by atoms with E-state index in [1.807, 2.05) is 0 Å². The van der Waals surface area contributed by atoms with E-state index in [-0.39, 0.29) is 5.97 Å². The highest BCUT2D eigenvalue weighted by Crippen LogP contribution is 2.11. The molecule has 0 N–H and O–H groups in total. The van der Waals surface area contributed by atoms with Crippen LogP contribution in [0.4, 0.5) is 0 Å². The number of nitrogens with zero attached hydrogens (tertiary/aromatic N) is 1. The van der Waals surface area contributed by atoms with Crippen molar-refractivity contribution in [1.29, 1.82) is 0 Å². The number of carbonyl (C=O) groups excluding carboxylic acids is 2. The van der Waals surface area contributed by atoms with E-state index >= 15 is 0 Å². The van der Waals surface area contributed by atoms with Gasteiger partial charge in [-0.05, 0) is 19.1 Å². The Hall–Kier alpha value is -1.58. The van der Waals surface area contributed by atoms with Gasteiger partial charge in [-0.3, -0.25) is 4.79 Å². The summed E-state index contributed by atoms with van der Waals surface area (Å²) in [5.41, 5.74) is 0.470. The van der Waals surface area contributed by atoms with Crippen molar-refractivity contribution in [2.24, 2.45) is 0 Å². The topological polar surface area (TPSA) is 48.3 Å². The number of hydrogen-bond donors (Lipinski definition) is 0. The summed E-state index contributed by atoms with van der Waals surface area (Å²) in [5, 5.41) is 0. The Morgan fingerprint density at radius 3 is 2.92 bits per heavy atom. The van der Waals surface area contributed by atoms with Crippen molar-refractivity contribution in [3.63, 3.8) is 0 Å². The summed E-state index contributed by atoms with van der Waals surface area (Å²) in [4.78, 5) is 21.7. The molecule has 70 valence electrons. The van der Waals surface area contributed by atoms with Crippen molar-refractivity contribution >= 4 is 12.3 Å². The minimum absolute atomic E-state index is 0.362. The van der Waals surface area contributed by atoms with Crippen LogP contribution < -0.4 is 0 Å². The van der Waals surface area contributed by atoms with Crippen molar-refractivity contribution in [2.75, 3.05) is 7.11 Å². The van der Waals surface area contributed by atoms with E-state index < -0.39 is 6.04 Å². The Bertz CT molecular complexity index is 316. The van der Waals surface area contributed by atoms with E-state index in [1.165, 1.54) is 7.11 Å². The van der Waals surface area contributed by atoms with Crippen LogP contribution in [0.15, 0.2) is 18.3 Å². The maximum absolute atomic E-state index is 11.1. The number of methoxy groups -OCH3 is 1. The van der Waals surface area contributed by atoms with E-state index in [4.69, 9.17) is 0 Å². The van der Waals surface area contributed by atoms with Crippen LogP contribution in [0.2, 0.25) is 0 Å². The lowest BCUT2D eigenvalue weighted by atomic mass is 10.3. The highest BCUT2D eigenvalue weighted by atomic mass is 16.5. The number of aldehydes is 1. The Balaban J connectivity index is 2.93. The number of aromatic nitrogens is 1. The normalized spacial score (nSPS) is 12.2. The van der Waals surface area contributed by atoms with Crippen molar-refractivity contribution in [1.82, 2.24) is 4.57 Å². The third-order valence-electron chi connectivity index (χ3n) is 1.89. The Labute approximate surface area is 76.1 Å². The fraction of sp³-hybridized carbons (Fsp3) is 0.333. The second-order valence-electron chi connectivity index (χ2n) is 2.66. The smallest absolute Gasteiger partial charge is 0.328 e. The molecule has 0 radical (unpaired) electrons. The predicted molar refractivity (Wildman–Crippen MR) is 46.5 cm³/mol. The summed E-state index contributed by atoms with van der Waals surface area (Å²) in [5.74, 6) is -0.362. The molecule has 0 spiro atoms. The molecule has 0 bridgehead atoms. The van der Waals surface area contributed by atoms with Crippen LogP contribution in [0.25, 0.3) is 0 Å². The van der Waals surface area contributed by atoms with Gasteiger partial charge in [-0.2, -0.15) is 0 Å². The van der Waals surface area contributed by atoms with Gasteiger partial charge in [-0.1, -0.05) is 0 Å². The van der Waals surface area contributed by atoms with Gasteiger partial charge in [0.15, 0.2) is 6.29 Å². The molecule has 0 saturated carbocycles. The number of carbonyl (C=O) groups is 2. The van der Waals surface area contributed by atoms with Gasteiger partial charge in [0.05, 0.1) is 12.8 Å². The maximum Gasteiger partial charge on any atom is 0.328 e. The highest BCUT2D eigenvalue weighted by Gasteiger charge is 2.16. The molecule has 13 heavy (non-hydrogen) atoms. The van der Waals surface area contributed by atoms with Crippen LogP contribution >= 0.6 is 0 Å². The average Bonchev–Trinajstić information content (AvgIpc) is 2.62. The summed E-state index contributed by atoms with van der Waals surface area (Å²) in [6, 6.07) is 2.90. The van der Waals surface area contributed by atoms with Crippen LogP contribution in [0.1, 0.15) is 23.5 Å². The first-order valence-corrected chi connectivity index (χ1v) is 3.90. The predicted octanol–water partition coefficient (Wildman–Crippen LogP) is 1.03. The molecule has 1 aromatic heterocycles. The number of rotatable bonds is 3. The van der Waals surface area contributed by atoms with Gasteiger partial charge in [-0.25, -0.2) is 4.79 Å². The molecule has 4 nitrogen and oxygen atoms in total. The van der Waals surface area contributed by atoms with Gasteiger partial charge in [0, 0.05) is 6.20 Å². The Kier molecular flexibility index (Phi) is 2.84. The molecule has 4 heteroatoms. The summed E-state index contributed by atoms with van der Waals surface area (Å²) in [6.45, 7) is 1.68. The second-order valence-corrected chi connectivity index (χ2v) is 2.66. The Morgan fingerprint density at radius 1 is 1.69 bits per heavy atom. The molecule has 0 aromatic carbocycles. The van der Waals surface area contributed by atoms with Gasteiger partial charge in [0.25, 0.3) is 0 Å². The van der Waals surface area contributed by atoms with Crippen LogP contribution in [0, 0.1) is 0 Å². The van der Waals surface area contributed by atoms with Gasteiger partial charge >= 0.3 is 5.97 Å². The summed E-state index contributed by atoms with van der Waals surface area (Å²) >= 11 is 0. The molecule has 0 aliphatic carbocycles. The van der Waals surface area contributed by atoms with Crippen molar-refractivity contribution < 1.29 is 14.3 Å². The van der Waals surface area contributed by atoms with Crippen LogP contribution in [-0.4, -0.2) is 23.9 Å². The monoisotopic (exact) mass is 181 g/mol. The molecule has 1 unspecified atom stereocenters. The summed E-state index contributed by atoms with van der Waals surface area (Å²) in [7, 11) is 1.32. The van der Waals surface area contributed by atoms with E-state index in [1.54, 1.807) is 29.8 Å². The third kappa shape index (κ3) is 1.77. The molecule has 1 aromatic rings. The fourth-order valence-corrected chi connectivity index (χ4v) is 1.14. The standard InChI is InChI=1S/C9H11NO3/c1-7(9(12)13-2)10-5-3-4-8(10)6-11/h3-7H,1-2H3. The lowest BCUT2D eigenvalue weighted by Gasteiger charge is -2.12. The first-order valence-electron chi connectivity index (χ1n) is 3.90. The van der Waals surface area contributed by atoms with Crippen LogP contribution in [0.5, 0.6) is 0 Å². The van der Waals surface area contributed by atoms with E-state index in [0.717, 1.165) is 0 Å². The minimum atomic E-state index is -0.458. The lowest BCUT2D eigenvalue weighted by Crippen LogP contribution is -2.18. The molecular weight excluding hydrogens is 170 g/mol. The fourth-order valence-electron chi connectivity index (χ4n) is 1.14. The van der Waals surface area contributed by atoms with Gasteiger partial charge in [0.1, 0.15) is 6.04 Å². The molecule has 1 heterocycles. The SMILES string of the molecule is COC(=O)C(C)n1cccc1C=O. The molecule has 0 amide bonds. The lowest BCUT2D eigenvalue weighted by molar-refractivity contribution is -0.144. The molecule has 0 saturated heterocycles. The number of hydrogen-bond acceptors (Lipinski definition) is 3. The van der Waals surface area contributed by atoms with Gasteiger partial charge < -0.3 is 9.30 Å². The molecule has 0 aliphatic heterocycles. The zero-order valence-electron chi connectivity index (χ0n) is 7.56. The minimum Gasteiger partial charge on any atom is -0.467 e. The maximum atomic E-state index is 11.1. The third-order valence-corrected chi connectivity index (χ3v) is 1.89. The average molecular weight is 181 g/mol. The Morgan fingerprint density at radius 2 is 2.38 bits per heavy atom. The van der Waals surface area contributed by atoms with Crippen molar-refractivity contribution in [3.8, 4) is 0 Å². The molecule has 1 rings (SSSR count). The second kappa shape index (κ2) is 3.89. The zero-order valence-corrected chi connectivity index (χ0v) is 7.56. The van der Waals surface area contributed by atoms with Crippen molar-refractivity contribution in [2.45, 2.75) is 13.0 Å².